The van der Waals surface area contributed by atoms with Gasteiger partial charge in [-0.1, -0.05) is 24.3 Å². The number of para-hydroxylation sites is 1. The van der Waals surface area contributed by atoms with Crippen molar-refractivity contribution in [1.82, 2.24) is 10.6 Å². The third-order valence-corrected chi connectivity index (χ3v) is 5.22. The molecule has 3 N–H and O–H groups in total. The first-order valence-electron chi connectivity index (χ1n) is 8.53. The van der Waals surface area contributed by atoms with Gasteiger partial charge >= 0.3 is 11.8 Å². The molecule has 2 amide bonds. The highest BCUT2D eigenvalue weighted by Crippen LogP contribution is 2.32. The van der Waals surface area contributed by atoms with Crippen LogP contribution in [-0.2, 0) is 21.7 Å². The number of methoxy groups -OCH3 is 1. The van der Waals surface area contributed by atoms with Gasteiger partial charge in [-0.2, -0.15) is 0 Å². The summed E-state index contributed by atoms with van der Waals surface area (Å²) in [5.74, 6) is -0.756. The number of hydrogen-bond donors (Lipinski definition) is 3. The van der Waals surface area contributed by atoms with Crippen molar-refractivity contribution in [2.45, 2.75) is 12.1 Å². The fraction of sp³-hybridized carbons (Fsp3) is 0.200. The molecule has 2 aromatic heterocycles. The molecule has 1 atom stereocenters. The van der Waals surface area contributed by atoms with Gasteiger partial charge < -0.3 is 24.9 Å². The topological polar surface area (TPSA) is 101 Å². The van der Waals surface area contributed by atoms with E-state index in [9.17, 15) is 14.7 Å². The van der Waals surface area contributed by atoms with Gasteiger partial charge in [0.25, 0.3) is 0 Å². The Bertz CT molecular complexity index is 888. The molecule has 0 radical (unpaired) electrons. The largest absolute Gasteiger partial charge is 0.496 e. The zero-order valence-corrected chi connectivity index (χ0v) is 16.0. The minimum atomic E-state index is -1.56. The fourth-order valence-corrected chi connectivity index (χ4v) is 3.55. The second kappa shape index (κ2) is 8.73. The number of nitrogens with one attached hydrogen (secondary N) is 2. The number of carbonyl (C=O) groups is 2. The SMILES string of the molecule is COc1ccccc1CNC(=O)C(=O)NCC(O)(c1ccco1)c1cccs1. The van der Waals surface area contributed by atoms with Crippen molar-refractivity contribution < 1.29 is 23.8 Å². The number of furan rings is 1. The minimum absolute atomic E-state index is 0.143. The van der Waals surface area contributed by atoms with Crippen LogP contribution < -0.4 is 15.4 Å². The molecule has 8 heteroatoms. The molecular formula is C20H20N2O5S. The lowest BCUT2D eigenvalue weighted by molar-refractivity contribution is -0.139. The molecule has 0 fully saturated rings. The van der Waals surface area contributed by atoms with Crippen LogP contribution in [0.25, 0.3) is 0 Å². The summed E-state index contributed by atoms with van der Waals surface area (Å²) in [4.78, 5) is 24.9. The molecule has 0 saturated carbocycles. The van der Waals surface area contributed by atoms with E-state index in [1.807, 2.05) is 17.5 Å². The molecule has 1 unspecified atom stereocenters. The van der Waals surface area contributed by atoms with Gasteiger partial charge in [-0.3, -0.25) is 9.59 Å². The summed E-state index contributed by atoms with van der Waals surface area (Å²) >= 11 is 1.32. The minimum Gasteiger partial charge on any atom is -0.496 e. The maximum atomic E-state index is 12.2. The summed E-state index contributed by atoms with van der Waals surface area (Å²) < 4.78 is 10.6. The molecule has 3 aromatic rings. The molecule has 146 valence electrons. The maximum Gasteiger partial charge on any atom is 0.309 e. The number of hydrogen-bond acceptors (Lipinski definition) is 6. The molecule has 0 bridgehead atoms. The maximum absolute atomic E-state index is 12.2. The van der Waals surface area contributed by atoms with Crippen molar-refractivity contribution in [2.75, 3.05) is 13.7 Å². The van der Waals surface area contributed by atoms with Gasteiger partial charge in [0.05, 0.1) is 19.9 Å². The van der Waals surface area contributed by atoms with Gasteiger partial charge in [0.1, 0.15) is 11.5 Å². The molecule has 2 heterocycles. The third kappa shape index (κ3) is 4.24. The smallest absolute Gasteiger partial charge is 0.309 e. The van der Waals surface area contributed by atoms with Crippen molar-refractivity contribution in [2.24, 2.45) is 0 Å². The third-order valence-electron chi connectivity index (χ3n) is 4.20. The van der Waals surface area contributed by atoms with Crippen molar-refractivity contribution in [3.05, 3.63) is 76.4 Å². The van der Waals surface area contributed by atoms with E-state index in [0.29, 0.717) is 10.6 Å². The Morgan fingerprint density at radius 1 is 1.11 bits per heavy atom. The van der Waals surface area contributed by atoms with Crippen LogP contribution in [0.1, 0.15) is 16.2 Å². The summed E-state index contributed by atoms with van der Waals surface area (Å²) in [5, 5.41) is 17.9. The lowest BCUT2D eigenvalue weighted by atomic mass is 9.98. The monoisotopic (exact) mass is 400 g/mol. The van der Waals surface area contributed by atoms with E-state index in [4.69, 9.17) is 9.15 Å². The van der Waals surface area contributed by atoms with E-state index in [1.165, 1.54) is 24.7 Å². The standard InChI is InChI=1S/C20H20N2O5S/c1-26-15-7-3-2-6-14(15)12-21-18(23)19(24)22-13-20(25,16-8-4-10-27-16)17-9-5-11-28-17/h2-11,25H,12-13H2,1H3,(H,21,23)(H,22,24). The van der Waals surface area contributed by atoms with Gasteiger partial charge in [0, 0.05) is 17.0 Å². The molecule has 0 aliphatic rings. The summed E-state index contributed by atoms with van der Waals surface area (Å²) in [7, 11) is 1.54. The van der Waals surface area contributed by atoms with Gasteiger partial charge in [0.15, 0.2) is 5.60 Å². The first-order valence-corrected chi connectivity index (χ1v) is 9.41. The predicted octanol–water partition coefficient (Wildman–Crippen LogP) is 2.02. The molecule has 3 rings (SSSR count). The summed E-state index contributed by atoms with van der Waals surface area (Å²) in [6.07, 6.45) is 1.44. The number of carbonyl (C=O) groups excluding carboxylic acids is 2. The molecule has 7 nitrogen and oxygen atoms in total. The number of amides is 2. The number of ether oxygens (including phenoxy) is 1. The Morgan fingerprint density at radius 3 is 2.57 bits per heavy atom. The Kier molecular flexibility index (Phi) is 6.13. The Morgan fingerprint density at radius 2 is 1.89 bits per heavy atom. The van der Waals surface area contributed by atoms with Crippen LogP contribution in [0, 0.1) is 0 Å². The van der Waals surface area contributed by atoms with E-state index >= 15 is 0 Å². The molecule has 1 aromatic carbocycles. The van der Waals surface area contributed by atoms with E-state index in [-0.39, 0.29) is 18.8 Å². The number of rotatable bonds is 7. The average molecular weight is 400 g/mol. The highest BCUT2D eigenvalue weighted by atomic mass is 32.1. The summed E-state index contributed by atoms with van der Waals surface area (Å²) in [6, 6.07) is 14.0. The fourth-order valence-electron chi connectivity index (χ4n) is 2.72. The van der Waals surface area contributed by atoms with Crippen molar-refractivity contribution in [1.29, 1.82) is 0 Å². The van der Waals surface area contributed by atoms with Gasteiger partial charge in [-0.15, -0.1) is 11.3 Å². The second-order valence-corrected chi connectivity index (χ2v) is 6.94. The summed E-state index contributed by atoms with van der Waals surface area (Å²) in [5.41, 5.74) is -0.812. The van der Waals surface area contributed by atoms with Crippen LogP contribution in [0.2, 0.25) is 0 Å². The van der Waals surface area contributed by atoms with E-state index in [2.05, 4.69) is 10.6 Å². The molecular weight excluding hydrogens is 380 g/mol. The Labute approximate surface area is 166 Å². The van der Waals surface area contributed by atoms with Gasteiger partial charge in [0.2, 0.25) is 0 Å². The highest BCUT2D eigenvalue weighted by Gasteiger charge is 2.36. The molecule has 0 aliphatic heterocycles. The zero-order chi connectivity index (χ0) is 20.0. The van der Waals surface area contributed by atoms with Crippen LogP contribution in [0.4, 0.5) is 0 Å². The molecule has 0 aliphatic carbocycles. The van der Waals surface area contributed by atoms with Crippen LogP contribution in [0.3, 0.4) is 0 Å². The first kappa shape index (κ1) is 19.7. The lowest BCUT2D eigenvalue weighted by Gasteiger charge is -2.25. The Hall–Kier alpha value is -3.10. The Balaban J connectivity index is 1.62. The van der Waals surface area contributed by atoms with Gasteiger partial charge in [-0.25, -0.2) is 0 Å². The molecule has 0 saturated heterocycles. The van der Waals surface area contributed by atoms with Crippen LogP contribution >= 0.6 is 11.3 Å². The van der Waals surface area contributed by atoms with Crippen molar-refractivity contribution in [3.8, 4) is 5.75 Å². The first-order chi connectivity index (χ1) is 13.5. The quantitative estimate of drug-likeness (QED) is 0.527. The van der Waals surface area contributed by atoms with E-state index in [0.717, 1.165) is 5.56 Å². The van der Waals surface area contributed by atoms with Crippen LogP contribution in [0.15, 0.2) is 64.6 Å². The number of aliphatic hydroxyl groups is 1. The second-order valence-electron chi connectivity index (χ2n) is 5.99. The van der Waals surface area contributed by atoms with Crippen molar-refractivity contribution >= 4 is 23.2 Å². The normalized spacial score (nSPS) is 12.8. The average Bonchev–Trinajstić information content (AvgIpc) is 3.44. The van der Waals surface area contributed by atoms with E-state index < -0.39 is 17.4 Å². The molecule has 28 heavy (non-hydrogen) atoms. The lowest BCUT2D eigenvalue weighted by Crippen LogP contribution is -2.46. The number of benzene rings is 1. The van der Waals surface area contributed by atoms with Crippen LogP contribution in [-0.4, -0.2) is 30.6 Å². The van der Waals surface area contributed by atoms with E-state index in [1.54, 1.807) is 36.4 Å². The highest BCUT2D eigenvalue weighted by molar-refractivity contribution is 7.10. The molecule has 0 spiro atoms. The van der Waals surface area contributed by atoms with Gasteiger partial charge in [-0.05, 0) is 29.6 Å². The number of thiophene rings is 1. The zero-order valence-electron chi connectivity index (χ0n) is 15.2. The summed E-state index contributed by atoms with van der Waals surface area (Å²) in [6.45, 7) is -0.0639. The van der Waals surface area contributed by atoms with Crippen LogP contribution in [0.5, 0.6) is 5.75 Å². The predicted molar refractivity (Wildman–Crippen MR) is 104 cm³/mol. The van der Waals surface area contributed by atoms with Crippen molar-refractivity contribution in [3.63, 3.8) is 0 Å².